The molecule has 1 rings (SSSR count). The van der Waals surface area contributed by atoms with Crippen molar-refractivity contribution in [3.8, 4) is 5.75 Å². The quantitative estimate of drug-likeness (QED) is 0.815. The number of rotatable bonds is 4. The van der Waals surface area contributed by atoms with Crippen LogP contribution in [0.4, 0.5) is 0 Å². The van der Waals surface area contributed by atoms with Crippen LogP contribution in [0.2, 0.25) is 5.02 Å². The van der Waals surface area contributed by atoms with Crippen molar-refractivity contribution in [2.24, 2.45) is 5.73 Å². The summed E-state index contributed by atoms with van der Waals surface area (Å²) in [5.41, 5.74) is 6.53. The minimum atomic E-state index is -0.270. The molecule has 0 saturated heterocycles. The molecule has 0 radical (unpaired) electrons. The Morgan fingerprint density at radius 1 is 1.56 bits per heavy atom. The van der Waals surface area contributed by atoms with E-state index in [2.05, 4.69) is 22.5 Å². The molecule has 0 aliphatic rings. The third-order valence-electron chi connectivity index (χ3n) is 2.17. The van der Waals surface area contributed by atoms with E-state index < -0.39 is 0 Å². The van der Waals surface area contributed by atoms with E-state index >= 15 is 0 Å². The average molecular weight is 327 g/mol. The highest BCUT2D eigenvalue weighted by molar-refractivity contribution is 9.10. The van der Waals surface area contributed by atoms with Crippen LogP contribution in [0.3, 0.4) is 0 Å². The van der Waals surface area contributed by atoms with Crippen molar-refractivity contribution < 1.29 is 5.11 Å². The van der Waals surface area contributed by atoms with Gasteiger partial charge >= 0.3 is 0 Å². The Bertz CT molecular complexity index is 371. The highest BCUT2D eigenvalue weighted by Crippen LogP contribution is 2.37. The van der Waals surface area contributed by atoms with Gasteiger partial charge in [-0.3, -0.25) is 0 Å². The Balaban J connectivity index is 0.00000225. The molecule has 0 aliphatic heterocycles. The molecule has 0 bridgehead atoms. The lowest BCUT2D eigenvalue weighted by Crippen LogP contribution is -2.10. The number of nitrogens with two attached hydrogens (primary N) is 1. The van der Waals surface area contributed by atoms with Crippen LogP contribution in [0, 0.1) is 0 Å². The lowest BCUT2D eigenvalue weighted by molar-refractivity contribution is 0.455. The summed E-state index contributed by atoms with van der Waals surface area (Å²) in [4.78, 5) is 0. The molecule has 16 heavy (non-hydrogen) atoms. The summed E-state index contributed by atoms with van der Waals surface area (Å²) >= 11 is 9.22. The number of halogens is 3. The Hall–Kier alpha value is -0.220. The Labute approximate surface area is 115 Å². The minimum absolute atomic E-state index is 0. The molecule has 1 aromatic carbocycles. The van der Waals surface area contributed by atoms with Gasteiger partial charge in [-0.2, -0.15) is 0 Å². The maximum atomic E-state index is 9.81. The van der Waals surface area contributed by atoms with Crippen molar-refractivity contribution in [2.45, 2.75) is 18.9 Å². The summed E-state index contributed by atoms with van der Waals surface area (Å²) in [6.07, 6.45) is 3.31. The molecule has 0 fully saturated rings. The second kappa shape index (κ2) is 7.17. The summed E-state index contributed by atoms with van der Waals surface area (Å²) in [6.45, 7) is 3.63. The maximum absolute atomic E-state index is 9.81. The van der Waals surface area contributed by atoms with Gasteiger partial charge < -0.3 is 10.8 Å². The number of hydrogen-bond acceptors (Lipinski definition) is 2. The Kier molecular flexibility index (Phi) is 7.07. The standard InChI is InChI=1S/C11H13BrClNO.ClH/c1-2-3-4-9(14)10-8(13)6-5-7(12)11(10)15;/h2,5-6,9,15H,1,3-4,14H2;1H/t9-;/m0./s1. The van der Waals surface area contributed by atoms with Crippen LogP contribution in [-0.4, -0.2) is 5.11 Å². The van der Waals surface area contributed by atoms with E-state index in [1.165, 1.54) is 0 Å². The molecule has 1 atom stereocenters. The number of phenols is 1. The zero-order chi connectivity index (χ0) is 11.4. The van der Waals surface area contributed by atoms with E-state index in [0.717, 1.165) is 6.42 Å². The SMILES string of the molecule is C=CCC[C@H](N)c1c(Cl)ccc(Br)c1O.Cl. The van der Waals surface area contributed by atoms with Gasteiger partial charge in [0.2, 0.25) is 0 Å². The van der Waals surface area contributed by atoms with Crippen LogP contribution in [-0.2, 0) is 0 Å². The van der Waals surface area contributed by atoms with Gasteiger partial charge in [-0.15, -0.1) is 19.0 Å². The van der Waals surface area contributed by atoms with Crippen molar-refractivity contribution in [1.82, 2.24) is 0 Å². The monoisotopic (exact) mass is 325 g/mol. The van der Waals surface area contributed by atoms with E-state index in [1.807, 2.05) is 0 Å². The normalized spacial score (nSPS) is 11.7. The first-order chi connectivity index (χ1) is 7.07. The number of allylic oxidation sites excluding steroid dienone is 1. The predicted molar refractivity (Wildman–Crippen MR) is 74.4 cm³/mol. The number of aromatic hydroxyl groups is 1. The lowest BCUT2D eigenvalue weighted by Gasteiger charge is -2.15. The Morgan fingerprint density at radius 3 is 2.75 bits per heavy atom. The lowest BCUT2D eigenvalue weighted by atomic mass is 10.0. The van der Waals surface area contributed by atoms with Crippen molar-refractivity contribution in [1.29, 1.82) is 0 Å². The van der Waals surface area contributed by atoms with Gasteiger partial charge in [-0.1, -0.05) is 17.7 Å². The molecule has 90 valence electrons. The van der Waals surface area contributed by atoms with Crippen LogP contribution >= 0.6 is 39.9 Å². The fourth-order valence-electron chi connectivity index (χ4n) is 1.35. The molecule has 1 aromatic rings. The highest BCUT2D eigenvalue weighted by atomic mass is 79.9. The van der Waals surface area contributed by atoms with E-state index in [0.29, 0.717) is 21.5 Å². The fourth-order valence-corrected chi connectivity index (χ4v) is 1.99. The fraction of sp³-hybridized carbons (Fsp3) is 0.273. The van der Waals surface area contributed by atoms with Crippen LogP contribution in [0.1, 0.15) is 24.4 Å². The molecule has 0 heterocycles. The van der Waals surface area contributed by atoms with Crippen molar-refractivity contribution in [3.63, 3.8) is 0 Å². The molecule has 0 aromatic heterocycles. The van der Waals surface area contributed by atoms with E-state index in [4.69, 9.17) is 17.3 Å². The largest absolute Gasteiger partial charge is 0.506 e. The first kappa shape index (κ1) is 15.8. The van der Waals surface area contributed by atoms with Crippen LogP contribution in [0.15, 0.2) is 29.3 Å². The van der Waals surface area contributed by atoms with Crippen molar-refractivity contribution >= 4 is 39.9 Å². The molecule has 0 aliphatic carbocycles. The summed E-state index contributed by atoms with van der Waals surface area (Å²) in [7, 11) is 0. The van der Waals surface area contributed by atoms with Crippen LogP contribution < -0.4 is 5.73 Å². The average Bonchev–Trinajstić information content (AvgIpc) is 2.21. The second-order valence-corrected chi connectivity index (χ2v) is 4.53. The summed E-state index contributed by atoms with van der Waals surface area (Å²) < 4.78 is 0.607. The summed E-state index contributed by atoms with van der Waals surface area (Å²) in [5.74, 6) is 0.124. The zero-order valence-electron chi connectivity index (χ0n) is 8.62. The Morgan fingerprint density at radius 2 is 2.19 bits per heavy atom. The number of phenolic OH excluding ortho intramolecular Hbond substituents is 1. The molecule has 0 spiro atoms. The van der Waals surface area contributed by atoms with Crippen LogP contribution in [0.5, 0.6) is 5.75 Å². The van der Waals surface area contributed by atoms with Gasteiger partial charge in [0.1, 0.15) is 5.75 Å². The first-order valence-corrected chi connectivity index (χ1v) is 5.78. The smallest absolute Gasteiger partial charge is 0.136 e. The topological polar surface area (TPSA) is 46.2 Å². The number of hydrogen-bond donors (Lipinski definition) is 2. The maximum Gasteiger partial charge on any atom is 0.136 e. The molecule has 2 nitrogen and oxygen atoms in total. The molecule has 3 N–H and O–H groups in total. The first-order valence-electron chi connectivity index (χ1n) is 4.61. The van der Waals surface area contributed by atoms with Gasteiger partial charge in [0.15, 0.2) is 0 Å². The van der Waals surface area contributed by atoms with E-state index in [-0.39, 0.29) is 24.2 Å². The third-order valence-corrected chi connectivity index (χ3v) is 3.14. The predicted octanol–water partition coefficient (Wildman–Crippen LogP) is 4.20. The zero-order valence-corrected chi connectivity index (χ0v) is 11.8. The molecule has 0 amide bonds. The van der Waals surface area contributed by atoms with Gasteiger partial charge in [0.05, 0.1) is 4.47 Å². The van der Waals surface area contributed by atoms with E-state index in [1.54, 1.807) is 18.2 Å². The molecular weight excluding hydrogens is 313 g/mol. The van der Waals surface area contributed by atoms with Gasteiger partial charge in [0.25, 0.3) is 0 Å². The summed E-state index contributed by atoms with van der Waals surface area (Å²) in [6, 6.07) is 3.14. The third kappa shape index (κ3) is 3.67. The van der Waals surface area contributed by atoms with E-state index in [9.17, 15) is 5.11 Å². The van der Waals surface area contributed by atoms with Gasteiger partial charge in [-0.05, 0) is 40.9 Å². The second-order valence-electron chi connectivity index (χ2n) is 3.26. The minimum Gasteiger partial charge on any atom is -0.506 e. The highest BCUT2D eigenvalue weighted by Gasteiger charge is 2.16. The molecule has 0 saturated carbocycles. The van der Waals surface area contributed by atoms with Gasteiger partial charge in [0, 0.05) is 16.6 Å². The summed E-state index contributed by atoms with van der Waals surface area (Å²) in [5, 5.41) is 10.3. The van der Waals surface area contributed by atoms with Crippen molar-refractivity contribution in [3.05, 3.63) is 39.8 Å². The van der Waals surface area contributed by atoms with Crippen molar-refractivity contribution in [2.75, 3.05) is 0 Å². The van der Waals surface area contributed by atoms with Crippen LogP contribution in [0.25, 0.3) is 0 Å². The molecule has 0 unspecified atom stereocenters. The molecule has 5 heteroatoms. The molecular formula is C11H14BrCl2NO. The van der Waals surface area contributed by atoms with Gasteiger partial charge in [-0.25, -0.2) is 0 Å². The number of benzene rings is 1.